The van der Waals surface area contributed by atoms with Crippen LogP contribution in [0.1, 0.15) is 28.8 Å². The van der Waals surface area contributed by atoms with Gasteiger partial charge in [0.05, 0.1) is 13.2 Å². The number of hydrogen-bond acceptors (Lipinski definition) is 5. The van der Waals surface area contributed by atoms with Crippen molar-refractivity contribution in [2.24, 2.45) is 0 Å². The van der Waals surface area contributed by atoms with Gasteiger partial charge in [-0.25, -0.2) is 8.42 Å². The van der Waals surface area contributed by atoms with Crippen LogP contribution in [0, 0.1) is 6.92 Å². The molecular weight excluding hydrogens is 392 g/mol. The van der Waals surface area contributed by atoms with Crippen LogP contribution >= 0.6 is 0 Å². The van der Waals surface area contributed by atoms with Crippen molar-refractivity contribution in [1.29, 1.82) is 0 Å². The van der Waals surface area contributed by atoms with Crippen molar-refractivity contribution in [3.8, 4) is 5.75 Å². The Kier molecular flexibility index (Phi) is 6.44. The Morgan fingerprint density at radius 1 is 1.24 bits per heavy atom. The number of rotatable bonds is 7. The quantitative estimate of drug-likeness (QED) is 0.747. The summed E-state index contributed by atoms with van der Waals surface area (Å²) >= 11 is 0. The van der Waals surface area contributed by atoms with Gasteiger partial charge in [0.1, 0.15) is 10.6 Å². The van der Waals surface area contributed by atoms with Gasteiger partial charge < -0.3 is 14.4 Å². The monoisotopic (exact) mass is 418 g/mol. The molecular formula is C21H26N2O5S. The number of carbonyl (C=O) groups excluding carboxylic acids is 1. The highest BCUT2D eigenvalue weighted by Gasteiger charge is 2.25. The van der Waals surface area contributed by atoms with Crippen LogP contribution < -0.4 is 9.46 Å². The highest BCUT2D eigenvalue weighted by Crippen LogP contribution is 2.28. The van der Waals surface area contributed by atoms with Crippen LogP contribution in [0.15, 0.2) is 47.4 Å². The van der Waals surface area contributed by atoms with Crippen LogP contribution in [0.25, 0.3) is 0 Å². The van der Waals surface area contributed by atoms with Crippen molar-refractivity contribution in [3.63, 3.8) is 0 Å². The molecule has 2 aromatic rings. The molecule has 1 amide bonds. The third-order valence-corrected chi connectivity index (χ3v) is 6.25. The minimum Gasteiger partial charge on any atom is -0.495 e. The molecule has 0 aromatic heterocycles. The first-order chi connectivity index (χ1) is 13.8. The number of ether oxygens (including phenoxy) is 2. The summed E-state index contributed by atoms with van der Waals surface area (Å²) in [5, 5.41) is 0. The maximum absolute atomic E-state index is 13.0. The van der Waals surface area contributed by atoms with Crippen LogP contribution in [0.3, 0.4) is 0 Å². The van der Waals surface area contributed by atoms with Gasteiger partial charge in [-0.05, 0) is 50.1 Å². The van der Waals surface area contributed by atoms with Crippen LogP contribution in [-0.4, -0.2) is 52.6 Å². The lowest BCUT2D eigenvalue weighted by Crippen LogP contribution is -2.34. The van der Waals surface area contributed by atoms with Gasteiger partial charge in [-0.15, -0.1) is 0 Å². The Morgan fingerprint density at radius 2 is 1.97 bits per heavy atom. The predicted octanol–water partition coefficient (Wildman–Crippen LogP) is 3.06. The number of aryl methyl sites for hydroxylation is 1. The molecule has 3 rings (SSSR count). The van der Waals surface area contributed by atoms with Gasteiger partial charge in [-0.2, -0.15) is 0 Å². The third-order valence-electron chi connectivity index (χ3n) is 4.85. The molecule has 29 heavy (non-hydrogen) atoms. The molecule has 0 saturated carbocycles. The van der Waals surface area contributed by atoms with E-state index < -0.39 is 10.0 Å². The highest BCUT2D eigenvalue weighted by molar-refractivity contribution is 7.92. The molecule has 1 atom stereocenters. The molecule has 1 heterocycles. The van der Waals surface area contributed by atoms with E-state index in [0.29, 0.717) is 18.8 Å². The Bertz CT molecular complexity index is 967. The highest BCUT2D eigenvalue weighted by atomic mass is 32.2. The first-order valence-corrected chi connectivity index (χ1v) is 10.9. The molecule has 156 valence electrons. The molecule has 1 unspecified atom stereocenters. The predicted molar refractivity (Wildman–Crippen MR) is 111 cm³/mol. The summed E-state index contributed by atoms with van der Waals surface area (Å²) in [6.07, 6.45) is 1.93. The van der Waals surface area contributed by atoms with E-state index in [1.807, 2.05) is 19.1 Å². The summed E-state index contributed by atoms with van der Waals surface area (Å²) in [7, 11) is -0.862. The van der Waals surface area contributed by atoms with Crippen molar-refractivity contribution in [1.82, 2.24) is 4.90 Å². The van der Waals surface area contributed by atoms with E-state index in [1.54, 1.807) is 30.1 Å². The summed E-state index contributed by atoms with van der Waals surface area (Å²) in [6.45, 7) is 3.10. The molecule has 0 spiro atoms. The number of benzene rings is 2. The zero-order chi connectivity index (χ0) is 21.0. The molecule has 7 nitrogen and oxygen atoms in total. The maximum Gasteiger partial charge on any atom is 0.265 e. The van der Waals surface area contributed by atoms with E-state index in [1.165, 1.54) is 19.2 Å². The molecule has 2 aromatic carbocycles. The van der Waals surface area contributed by atoms with E-state index in [0.717, 1.165) is 18.4 Å². The molecule has 0 aliphatic carbocycles. The lowest BCUT2D eigenvalue weighted by Gasteiger charge is -2.21. The number of amides is 1. The van der Waals surface area contributed by atoms with E-state index in [2.05, 4.69) is 4.72 Å². The van der Waals surface area contributed by atoms with Gasteiger partial charge in [-0.1, -0.05) is 17.7 Å². The molecule has 8 heteroatoms. The zero-order valence-electron chi connectivity index (χ0n) is 16.8. The van der Waals surface area contributed by atoms with Gasteiger partial charge in [0.25, 0.3) is 15.9 Å². The lowest BCUT2D eigenvalue weighted by molar-refractivity contribution is 0.0587. The van der Waals surface area contributed by atoms with E-state index in [4.69, 9.17) is 9.47 Å². The van der Waals surface area contributed by atoms with Crippen molar-refractivity contribution in [2.45, 2.75) is 30.8 Å². The Hall–Kier alpha value is -2.58. The van der Waals surface area contributed by atoms with Crippen molar-refractivity contribution in [3.05, 3.63) is 53.6 Å². The molecule has 1 fully saturated rings. The van der Waals surface area contributed by atoms with E-state index in [-0.39, 0.29) is 28.2 Å². The Balaban J connectivity index is 1.85. The van der Waals surface area contributed by atoms with Crippen molar-refractivity contribution in [2.75, 3.05) is 32.0 Å². The molecule has 1 N–H and O–H groups in total. The summed E-state index contributed by atoms with van der Waals surface area (Å²) < 4.78 is 39.3. The number of hydrogen-bond donors (Lipinski definition) is 1. The van der Waals surface area contributed by atoms with Gasteiger partial charge in [0.2, 0.25) is 0 Å². The number of sulfonamides is 1. The fourth-order valence-electron chi connectivity index (χ4n) is 3.25. The minimum atomic E-state index is -3.94. The number of anilines is 1. The summed E-state index contributed by atoms with van der Waals surface area (Å²) in [5.41, 5.74) is 1.73. The standard InChI is InChI=1S/C21H26N2O5S/c1-15-6-9-17(10-7-15)22-29(25,26)20-13-16(8-11-19(20)27-3)21(24)23(2)14-18-5-4-12-28-18/h6-11,13,18,22H,4-5,12,14H2,1-3H3. The smallest absolute Gasteiger partial charge is 0.265 e. The van der Waals surface area contributed by atoms with E-state index >= 15 is 0 Å². The first-order valence-electron chi connectivity index (χ1n) is 9.45. The SMILES string of the molecule is COc1ccc(C(=O)N(C)CC2CCCO2)cc1S(=O)(=O)Nc1ccc(C)cc1. The van der Waals surface area contributed by atoms with Crippen LogP contribution in [0.4, 0.5) is 5.69 Å². The normalized spacial score (nSPS) is 16.4. The van der Waals surface area contributed by atoms with Crippen molar-refractivity contribution < 1.29 is 22.7 Å². The number of methoxy groups -OCH3 is 1. The average Bonchev–Trinajstić information content (AvgIpc) is 3.21. The topological polar surface area (TPSA) is 84.9 Å². The van der Waals surface area contributed by atoms with Gasteiger partial charge >= 0.3 is 0 Å². The second-order valence-corrected chi connectivity index (χ2v) is 8.81. The van der Waals surface area contributed by atoms with Crippen molar-refractivity contribution >= 4 is 21.6 Å². The third kappa shape index (κ3) is 5.07. The second kappa shape index (κ2) is 8.84. The van der Waals surface area contributed by atoms with Crippen LogP contribution in [0.5, 0.6) is 5.75 Å². The minimum absolute atomic E-state index is 0.0219. The second-order valence-electron chi connectivity index (χ2n) is 7.16. The Labute approximate surface area is 171 Å². The zero-order valence-corrected chi connectivity index (χ0v) is 17.7. The average molecular weight is 419 g/mol. The molecule has 1 aliphatic rings. The number of likely N-dealkylation sites (N-methyl/N-ethyl adjacent to an activating group) is 1. The summed E-state index contributed by atoms with van der Waals surface area (Å²) in [4.78, 5) is 14.3. The molecule has 0 radical (unpaired) electrons. The fourth-order valence-corrected chi connectivity index (χ4v) is 4.50. The molecule has 1 aliphatic heterocycles. The number of nitrogens with zero attached hydrogens (tertiary/aromatic N) is 1. The van der Waals surface area contributed by atoms with Gasteiger partial charge in [-0.3, -0.25) is 9.52 Å². The van der Waals surface area contributed by atoms with Crippen LogP contribution in [0.2, 0.25) is 0 Å². The Morgan fingerprint density at radius 3 is 2.59 bits per heavy atom. The summed E-state index contributed by atoms with van der Waals surface area (Å²) in [6, 6.07) is 11.4. The largest absolute Gasteiger partial charge is 0.495 e. The maximum atomic E-state index is 13.0. The van der Waals surface area contributed by atoms with Gasteiger partial charge in [0.15, 0.2) is 0 Å². The fraction of sp³-hybridized carbons (Fsp3) is 0.381. The number of nitrogens with one attached hydrogen (secondary N) is 1. The lowest BCUT2D eigenvalue weighted by atomic mass is 10.1. The number of carbonyl (C=O) groups is 1. The molecule has 1 saturated heterocycles. The van der Waals surface area contributed by atoms with E-state index in [9.17, 15) is 13.2 Å². The molecule has 0 bridgehead atoms. The summed E-state index contributed by atoms with van der Waals surface area (Å²) in [5.74, 6) is -0.0992. The van der Waals surface area contributed by atoms with Gasteiger partial charge in [0, 0.05) is 31.5 Å². The van der Waals surface area contributed by atoms with Crippen LogP contribution in [-0.2, 0) is 14.8 Å². The first kappa shape index (κ1) is 21.1.